The monoisotopic (exact) mass is 279 g/mol. The third kappa shape index (κ3) is 2.85. The fourth-order valence-electron chi connectivity index (χ4n) is 2.01. The first-order valence-electron chi connectivity index (χ1n) is 6.05. The molecule has 0 radical (unpaired) electrons. The number of phenols is 1. The Morgan fingerprint density at radius 1 is 1.50 bits per heavy atom. The topological polar surface area (TPSA) is 122 Å². The minimum Gasteiger partial charge on any atom is -0.508 e. The molecule has 1 aromatic carbocycles. The van der Waals surface area contributed by atoms with E-state index in [9.17, 15) is 24.8 Å². The number of benzene rings is 1. The normalized spacial score (nSPS) is 18.2. The summed E-state index contributed by atoms with van der Waals surface area (Å²) in [6.07, 6.45) is 1.20. The Hall–Kier alpha value is -2.64. The summed E-state index contributed by atoms with van der Waals surface area (Å²) in [5.74, 6) is -1.32. The van der Waals surface area contributed by atoms with Crippen molar-refractivity contribution in [1.82, 2.24) is 10.6 Å². The van der Waals surface area contributed by atoms with Crippen LogP contribution in [0.2, 0.25) is 0 Å². The molecule has 2 amide bonds. The number of rotatable bonds is 3. The highest BCUT2D eigenvalue weighted by Crippen LogP contribution is 2.23. The van der Waals surface area contributed by atoms with E-state index in [0.717, 1.165) is 24.6 Å². The first kappa shape index (κ1) is 13.8. The highest BCUT2D eigenvalue weighted by Gasteiger charge is 2.27. The number of hydrogen-bond acceptors (Lipinski definition) is 5. The molecule has 1 unspecified atom stereocenters. The Labute approximate surface area is 113 Å². The molecule has 2 rings (SSSR count). The molecule has 20 heavy (non-hydrogen) atoms. The molecule has 1 aromatic rings. The summed E-state index contributed by atoms with van der Waals surface area (Å²) in [4.78, 5) is 33.7. The third-order valence-corrected chi connectivity index (χ3v) is 3.01. The van der Waals surface area contributed by atoms with Crippen molar-refractivity contribution in [3.63, 3.8) is 0 Å². The van der Waals surface area contributed by atoms with Crippen molar-refractivity contribution in [1.29, 1.82) is 0 Å². The molecule has 0 spiro atoms. The number of nitrogens with one attached hydrogen (secondary N) is 2. The van der Waals surface area contributed by atoms with Gasteiger partial charge in [0.2, 0.25) is 5.91 Å². The van der Waals surface area contributed by atoms with Crippen LogP contribution in [0.1, 0.15) is 23.2 Å². The molecular formula is C12H13N3O5. The maximum atomic E-state index is 12.0. The number of nitro benzene ring substituents is 1. The average molecular weight is 279 g/mol. The van der Waals surface area contributed by atoms with Gasteiger partial charge in [-0.2, -0.15) is 0 Å². The molecule has 0 saturated carbocycles. The zero-order valence-corrected chi connectivity index (χ0v) is 10.5. The Kier molecular flexibility index (Phi) is 3.83. The van der Waals surface area contributed by atoms with Gasteiger partial charge >= 0.3 is 0 Å². The van der Waals surface area contributed by atoms with Gasteiger partial charge in [-0.05, 0) is 25.0 Å². The number of piperidine rings is 1. The second-order valence-corrected chi connectivity index (χ2v) is 4.42. The number of aromatic hydroxyl groups is 1. The Balaban J connectivity index is 2.22. The van der Waals surface area contributed by atoms with E-state index in [-0.39, 0.29) is 17.2 Å². The van der Waals surface area contributed by atoms with Crippen LogP contribution in [0.3, 0.4) is 0 Å². The van der Waals surface area contributed by atoms with Crippen LogP contribution in [0, 0.1) is 10.1 Å². The number of amides is 2. The zero-order valence-electron chi connectivity index (χ0n) is 10.5. The van der Waals surface area contributed by atoms with Gasteiger partial charge in [0.1, 0.15) is 17.4 Å². The van der Waals surface area contributed by atoms with Gasteiger partial charge in [0.05, 0.1) is 4.92 Å². The molecule has 0 aromatic heterocycles. The number of nitrogens with zero attached hydrogens (tertiary/aromatic N) is 1. The summed E-state index contributed by atoms with van der Waals surface area (Å²) in [5, 5.41) is 25.2. The second-order valence-electron chi connectivity index (χ2n) is 4.42. The second kappa shape index (κ2) is 5.55. The third-order valence-electron chi connectivity index (χ3n) is 3.01. The molecule has 1 aliphatic rings. The van der Waals surface area contributed by atoms with E-state index >= 15 is 0 Å². The van der Waals surface area contributed by atoms with E-state index in [1.54, 1.807) is 0 Å². The van der Waals surface area contributed by atoms with Crippen LogP contribution in [0.15, 0.2) is 18.2 Å². The van der Waals surface area contributed by atoms with Crippen molar-refractivity contribution in [2.24, 2.45) is 0 Å². The Morgan fingerprint density at radius 2 is 2.25 bits per heavy atom. The molecule has 3 N–H and O–H groups in total. The molecular weight excluding hydrogens is 266 g/mol. The van der Waals surface area contributed by atoms with Gasteiger partial charge in [-0.15, -0.1) is 0 Å². The molecule has 0 aliphatic carbocycles. The summed E-state index contributed by atoms with van der Waals surface area (Å²) >= 11 is 0. The molecule has 1 aliphatic heterocycles. The van der Waals surface area contributed by atoms with Crippen LogP contribution in [0.25, 0.3) is 0 Å². The van der Waals surface area contributed by atoms with Crippen LogP contribution < -0.4 is 10.6 Å². The average Bonchev–Trinajstić information content (AvgIpc) is 2.40. The molecule has 1 fully saturated rings. The van der Waals surface area contributed by atoms with Gasteiger partial charge in [0.25, 0.3) is 11.6 Å². The van der Waals surface area contributed by atoms with Gasteiger partial charge in [-0.3, -0.25) is 19.7 Å². The highest BCUT2D eigenvalue weighted by molar-refractivity contribution is 6.01. The van der Waals surface area contributed by atoms with Crippen LogP contribution >= 0.6 is 0 Å². The summed E-state index contributed by atoms with van der Waals surface area (Å²) in [6.45, 7) is 0.553. The lowest BCUT2D eigenvalue weighted by atomic mass is 10.1. The van der Waals surface area contributed by atoms with Crippen LogP contribution in [0.5, 0.6) is 5.75 Å². The lowest BCUT2D eigenvalue weighted by molar-refractivity contribution is -0.385. The summed E-state index contributed by atoms with van der Waals surface area (Å²) in [7, 11) is 0. The van der Waals surface area contributed by atoms with Gasteiger partial charge < -0.3 is 15.7 Å². The quantitative estimate of drug-likeness (QED) is 0.543. The first-order chi connectivity index (χ1) is 9.49. The van der Waals surface area contributed by atoms with Crippen LogP contribution in [0.4, 0.5) is 5.69 Å². The van der Waals surface area contributed by atoms with Gasteiger partial charge in [0, 0.05) is 12.6 Å². The van der Waals surface area contributed by atoms with E-state index in [1.165, 1.54) is 0 Å². The van der Waals surface area contributed by atoms with E-state index in [1.807, 2.05) is 0 Å². The lowest BCUT2D eigenvalue weighted by Gasteiger charge is -2.22. The molecule has 106 valence electrons. The van der Waals surface area contributed by atoms with Crippen molar-refractivity contribution in [2.75, 3.05) is 6.54 Å². The van der Waals surface area contributed by atoms with Gasteiger partial charge in [0.15, 0.2) is 0 Å². The molecule has 1 heterocycles. The van der Waals surface area contributed by atoms with Crippen molar-refractivity contribution in [3.05, 3.63) is 33.9 Å². The van der Waals surface area contributed by atoms with Gasteiger partial charge in [-0.25, -0.2) is 0 Å². The molecule has 1 saturated heterocycles. The van der Waals surface area contributed by atoms with E-state index in [4.69, 9.17) is 0 Å². The number of carbonyl (C=O) groups is 2. The first-order valence-corrected chi connectivity index (χ1v) is 6.05. The predicted molar refractivity (Wildman–Crippen MR) is 68.3 cm³/mol. The van der Waals surface area contributed by atoms with Gasteiger partial charge in [-0.1, -0.05) is 0 Å². The number of nitro groups is 1. The SMILES string of the molecule is O=C(NC1CCCNC1=O)c1cc(O)ccc1[N+](=O)[O-]. The largest absolute Gasteiger partial charge is 0.508 e. The Morgan fingerprint density at radius 3 is 2.90 bits per heavy atom. The van der Waals surface area contributed by atoms with Crippen molar-refractivity contribution in [3.8, 4) is 5.75 Å². The van der Waals surface area contributed by atoms with Crippen LogP contribution in [-0.4, -0.2) is 34.4 Å². The minimum atomic E-state index is -0.755. The summed E-state index contributed by atoms with van der Waals surface area (Å²) in [5.41, 5.74) is -0.690. The summed E-state index contributed by atoms with van der Waals surface area (Å²) in [6, 6.07) is 2.47. The number of phenolic OH excluding ortho intramolecular Hbond substituents is 1. The van der Waals surface area contributed by atoms with E-state index in [0.29, 0.717) is 13.0 Å². The maximum absolute atomic E-state index is 12.0. The fraction of sp³-hybridized carbons (Fsp3) is 0.333. The van der Waals surface area contributed by atoms with Crippen LogP contribution in [-0.2, 0) is 4.79 Å². The smallest absolute Gasteiger partial charge is 0.282 e. The maximum Gasteiger partial charge on any atom is 0.282 e. The van der Waals surface area contributed by atoms with Crippen molar-refractivity contribution >= 4 is 17.5 Å². The van der Waals surface area contributed by atoms with Crippen molar-refractivity contribution in [2.45, 2.75) is 18.9 Å². The highest BCUT2D eigenvalue weighted by atomic mass is 16.6. The van der Waals surface area contributed by atoms with E-state index in [2.05, 4.69) is 10.6 Å². The lowest BCUT2D eigenvalue weighted by Crippen LogP contribution is -2.50. The standard InChI is InChI=1S/C12H13N3O5/c16-7-3-4-10(15(19)20)8(6-7)11(17)14-9-2-1-5-13-12(9)18/h3-4,6,9,16H,1-2,5H2,(H,13,18)(H,14,17). The number of hydrogen-bond donors (Lipinski definition) is 3. The van der Waals surface area contributed by atoms with Crippen molar-refractivity contribution < 1.29 is 19.6 Å². The fourth-order valence-corrected chi connectivity index (χ4v) is 2.01. The molecule has 8 nitrogen and oxygen atoms in total. The summed E-state index contributed by atoms with van der Waals surface area (Å²) < 4.78 is 0. The Bertz CT molecular complexity index is 572. The molecule has 1 atom stereocenters. The molecule has 0 bridgehead atoms. The molecule has 8 heteroatoms. The number of carbonyl (C=O) groups excluding carboxylic acids is 2. The zero-order chi connectivity index (χ0) is 14.7. The minimum absolute atomic E-state index is 0.256. The van der Waals surface area contributed by atoms with E-state index < -0.39 is 22.6 Å². The predicted octanol–water partition coefficient (Wildman–Crippen LogP) is 0.309.